The fraction of sp³-hybridized carbons (Fsp3) is 0.500. The van der Waals surface area contributed by atoms with Crippen molar-refractivity contribution in [3.63, 3.8) is 0 Å². The number of hydrogen-bond donors (Lipinski definition) is 1. The van der Waals surface area contributed by atoms with E-state index in [-0.39, 0.29) is 0 Å². The van der Waals surface area contributed by atoms with Crippen molar-refractivity contribution >= 4 is 0 Å². The van der Waals surface area contributed by atoms with Crippen LogP contribution in [-0.2, 0) is 6.42 Å². The highest BCUT2D eigenvalue weighted by Gasteiger charge is 2.03. The van der Waals surface area contributed by atoms with Gasteiger partial charge in [0.25, 0.3) is 0 Å². The van der Waals surface area contributed by atoms with Gasteiger partial charge in [-0.2, -0.15) is 0 Å². The minimum atomic E-state index is 0.594. The van der Waals surface area contributed by atoms with Crippen LogP contribution >= 0.6 is 0 Å². The molecule has 1 heteroatoms. The van der Waals surface area contributed by atoms with Crippen molar-refractivity contribution in [1.29, 1.82) is 0 Å². The van der Waals surface area contributed by atoms with Crippen molar-refractivity contribution < 1.29 is 0 Å². The molecule has 13 heavy (non-hydrogen) atoms. The highest BCUT2D eigenvalue weighted by atomic mass is 14.5. The smallest absolute Gasteiger partial charge is 0.00715 e. The van der Waals surface area contributed by atoms with E-state index in [0.29, 0.717) is 5.92 Å². The van der Waals surface area contributed by atoms with E-state index in [0.717, 1.165) is 19.4 Å². The van der Waals surface area contributed by atoms with E-state index in [9.17, 15) is 0 Å². The summed E-state index contributed by atoms with van der Waals surface area (Å²) in [6, 6.07) is 8.81. The summed E-state index contributed by atoms with van der Waals surface area (Å²) in [5.74, 6) is 0.594. The van der Waals surface area contributed by atoms with Crippen molar-refractivity contribution in [2.45, 2.75) is 32.6 Å². The molecule has 0 saturated heterocycles. The Hall–Kier alpha value is -0.820. The van der Waals surface area contributed by atoms with Gasteiger partial charge in [0.2, 0.25) is 0 Å². The van der Waals surface area contributed by atoms with Crippen LogP contribution in [0.15, 0.2) is 24.3 Å². The Morgan fingerprint density at radius 2 is 2.15 bits per heavy atom. The maximum atomic E-state index is 5.54. The lowest BCUT2D eigenvalue weighted by molar-refractivity contribution is 0.689. The first-order chi connectivity index (χ1) is 6.27. The summed E-state index contributed by atoms with van der Waals surface area (Å²) in [4.78, 5) is 0. The van der Waals surface area contributed by atoms with E-state index in [4.69, 9.17) is 5.73 Å². The second kappa shape index (κ2) is 5.03. The van der Waals surface area contributed by atoms with E-state index in [1.165, 1.54) is 11.1 Å². The van der Waals surface area contributed by atoms with Crippen LogP contribution in [0.5, 0.6) is 0 Å². The maximum Gasteiger partial charge on any atom is -0.00715 e. The fourth-order valence-electron chi connectivity index (χ4n) is 1.54. The third-order valence-electron chi connectivity index (χ3n) is 2.53. The molecule has 0 aliphatic rings. The Morgan fingerprint density at radius 3 is 2.77 bits per heavy atom. The predicted octanol–water partition coefficient (Wildman–Crippen LogP) is 2.70. The van der Waals surface area contributed by atoms with Crippen molar-refractivity contribution in [3.05, 3.63) is 35.4 Å². The Morgan fingerprint density at radius 1 is 1.38 bits per heavy atom. The number of rotatable bonds is 4. The van der Waals surface area contributed by atoms with Gasteiger partial charge in [-0.3, -0.25) is 0 Å². The van der Waals surface area contributed by atoms with Gasteiger partial charge < -0.3 is 5.73 Å². The van der Waals surface area contributed by atoms with Crippen molar-refractivity contribution in [2.75, 3.05) is 6.54 Å². The first kappa shape index (κ1) is 10.3. The molecule has 1 rings (SSSR count). The second-order valence-electron chi connectivity index (χ2n) is 3.58. The third kappa shape index (κ3) is 2.85. The van der Waals surface area contributed by atoms with Crippen LogP contribution in [0.1, 0.15) is 37.3 Å². The van der Waals surface area contributed by atoms with Gasteiger partial charge >= 0.3 is 0 Å². The number of benzene rings is 1. The highest BCUT2D eigenvalue weighted by Crippen LogP contribution is 2.19. The average molecular weight is 177 g/mol. The summed E-state index contributed by atoms with van der Waals surface area (Å²) in [6.07, 6.45) is 2.19. The molecule has 1 nitrogen and oxygen atoms in total. The van der Waals surface area contributed by atoms with Crippen LogP contribution in [0.25, 0.3) is 0 Å². The summed E-state index contributed by atoms with van der Waals surface area (Å²) in [6.45, 7) is 5.20. The Labute approximate surface area is 81.0 Å². The topological polar surface area (TPSA) is 26.0 Å². The van der Waals surface area contributed by atoms with Crippen molar-refractivity contribution in [2.24, 2.45) is 5.73 Å². The second-order valence-corrected chi connectivity index (χ2v) is 3.58. The third-order valence-corrected chi connectivity index (χ3v) is 2.53. The van der Waals surface area contributed by atoms with Crippen molar-refractivity contribution in [1.82, 2.24) is 0 Å². The number of aryl methyl sites for hydroxylation is 1. The first-order valence-corrected chi connectivity index (χ1v) is 5.06. The molecular formula is C12H19N. The lowest BCUT2D eigenvalue weighted by Crippen LogP contribution is -2.04. The minimum Gasteiger partial charge on any atom is -0.330 e. The summed E-state index contributed by atoms with van der Waals surface area (Å²) >= 11 is 0. The van der Waals surface area contributed by atoms with Crippen LogP contribution in [-0.4, -0.2) is 6.54 Å². The van der Waals surface area contributed by atoms with E-state index >= 15 is 0 Å². The quantitative estimate of drug-likeness (QED) is 0.752. The summed E-state index contributed by atoms with van der Waals surface area (Å²) in [5, 5.41) is 0. The Kier molecular flexibility index (Phi) is 3.97. The molecule has 0 fully saturated rings. The molecule has 0 radical (unpaired) electrons. The van der Waals surface area contributed by atoms with Gasteiger partial charge in [0.1, 0.15) is 0 Å². The van der Waals surface area contributed by atoms with Gasteiger partial charge in [-0.05, 0) is 36.4 Å². The molecule has 0 spiro atoms. The number of nitrogens with two attached hydrogens (primary N) is 1. The van der Waals surface area contributed by atoms with Gasteiger partial charge in [0.05, 0.1) is 0 Å². The van der Waals surface area contributed by atoms with E-state index in [2.05, 4.69) is 38.1 Å². The Balaban J connectivity index is 2.75. The summed E-state index contributed by atoms with van der Waals surface area (Å²) < 4.78 is 0. The lowest BCUT2D eigenvalue weighted by Gasteiger charge is -2.11. The van der Waals surface area contributed by atoms with Gasteiger partial charge in [0.15, 0.2) is 0 Å². The van der Waals surface area contributed by atoms with Crippen LogP contribution in [0.2, 0.25) is 0 Å². The molecule has 0 aliphatic heterocycles. The number of hydrogen-bond acceptors (Lipinski definition) is 1. The van der Waals surface area contributed by atoms with Gasteiger partial charge in [-0.1, -0.05) is 38.1 Å². The molecule has 0 heterocycles. The maximum absolute atomic E-state index is 5.54. The standard InChI is InChI=1S/C12H19N/c1-3-11-5-4-6-12(9-11)10(2)7-8-13/h4-6,9-10H,3,7-8,13H2,1-2H3. The SMILES string of the molecule is CCc1cccc(C(C)CCN)c1. The molecule has 0 bridgehead atoms. The lowest BCUT2D eigenvalue weighted by atomic mass is 9.96. The predicted molar refractivity (Wildman–Crippen MR) is 57.9 cm³/mol. The molecule has 1 aromatic carbocycles. The van der Waals surface area contributed by atoms with Crippen molar-refractivity contribution in [3.8, 4) is 0 Å². The van der Waals surface area contributed by atoms with Gasteiger partial charge in [0, 0.05) is 0 Å². The molecule has 1 unspecified atom stereocenters. The van der Waals surface area contributed by atoms with Crippen LogP contribution < -0.4 is 5.73 Å². The molecule has 1 atom stereocenters. The monoisotopic (exact) mass is 177 g/mol. The van der Waals surface area contributed by atoms with Gasteiger partial charge in [-0.15, -0.1) is 0 Å². The zero-order valence-electron chi connectivity index (χ0n) is 8.59. The van der Waals surface area contributed by atoms with E-state index in [1.54, 1.807) is 0 Å². The largest absolute Gasteiger partial charge is 0.330 e. The molecule has 72 valence electrons. The molecular weight excluding hydrogens is 158 g/mol. The molecule has 0 aromatic heterocycles. The van der Waals surface area contributed by atoms with Crippen LogP contribution in [0, 0.1) is 0 Å². The Bertz CT molecular complexity index is 255. The average Bonchev–Trinajstić information content (AvgIpc) is 2.18. The minimum absolute atomic E-state index is 0.594. The molecule has 0 saturated carbocycles. The van der Waals surface area contributed by atoms with Crippen LogP contribution in [0.3, 0.4) is 0 Å². The van der Waals surface area contributed by atoms with Gasteiger partial charge in [-0.25, -0.2) is 0 Å². The zero-order valence-corrected chi connectivity index (χ0v) is 8.59. The summed E-state index contributed by atoms with van der Waals surface area (Å²) in [5.41, 5.74) is 8.38. The molecule has 2 N–H and O–H groups in total. The molecule has 0 aliphatic carbocycles. The fourth-order valence-corrected chi connectivity index (χ4v) is 1.54. The van der Waals surface area contributed by atoms with E-state index in [1.807, 2.05) is 0 Å². The highest BCUT2D eigenvalue weighted by molar-refractivity contribution is 5.25. The molecule has 0 amide bonds. The molecule has 1 aromatic rings. The zero-order chi connectivity index (χ0) is 9.68. The first-order valence-electron chi connectivity index (χ1n) is 5.06. The summed E-state index contributed by atoms with van der Waals surface area (Å²) in [7, 11) is 0. The van der Waals surface area contributed by atoms with Crippen LogP contribution in [0.4, 0.5) is 0 Å². The van der Waals surface area contributed by atoms with E-state index < -0.39 is 0 Å². The normalized spacial score (nSPS) is 12.8.